The van der Waals surface area contributed by atoms with E-state index in [0.717, 1.165) is 25.0 Å². The fourth-order valence-corrected chi connectivity index (χ4v) is 1.50. The first kappa shape index (κ1) is 6.92. The first-order chi connectivity index (χ1) is 5.36. The summed E-state index contributed by atoms with van der Waals surface area (Å²) in [6.07, 6.45) is 1.13. The van der Waals surface area contributed by atoms with Gasteiger partial charge in [-0.2, -0.15) is 0 Å². The fourth-order valence-electron chi connectivity index (χ4n) is 1.50. The van der Waals surface area contributed by atoms with E-state index in [1.165, 1.54) is 11.1 Å². The number of rotatable bonds is 0. The van der Waals surface area contributed by atoms with Gasteiger partial charge in [-0.05, 0) is 24.1 Å². The van der Waals surface area contributed by atoms with Crippen molar-refractivity contribution >= 4 is 13.3 Å². The molecule has 2 heteroatoms. The maximum atomic E-state index is 5.65. The summed E-state index contributed by atoms with van der Waals surface area (Å²) in [6, 6.07) is 6.16. The van der Waals surface area contributed by atoms with Crippen LogP contribution in [0.5, 0.6) is 0 Å². The highest BCUT2D eigenvalue weighted by Crippen LogP contribution is 2.10. The second-order valence-electron chi connectivity index (χ2n) is 2.95. The van der Waals surface area contributed by atoms with E-state index in [1.807, 2.05) is 6.07 Å². The summed E-state index contributed by atoms with van der Waals surface area (Å²) < 4.78 is 0. The van der Waals surface area contributed by atoms with Crippen LogP contribution in [0.15, 0.2) is 18.2 Å². The average molecular weight is 143 g/mol. The van der Waals surface area contributed by atoms with Crippen LogP contribution >= 0.6 is 0 Å². The zero-order valence-electron chi connectivity index (χ0n) is 6.43. The summed E-state index contributed by atoms with van der Waals surface area (Å²) in [4.78, 5) is 0. The number of hydrogen-bond acceptors (Lipinski definition) is 1. The van der Waals surface area contributed by atoms with Crippen LogP contribution in [0.3, 0.4) is 0 Å². The topological polar surface area (TPSA) is 12.0 Å². The van der Waals surface area contributed by atoms with Crippen LogP contribution < -0.4 is 10.8 Å². The number of benzene rings is 1. The van der Waals surface area contributed by atoms with Crippen molar-refractivity contribution in [2.24, 2.45) is 0 Å². The van der Waals surface area contributed by atoms with Gasteiger partial charge in [-0.3, -0.25) is 0 Å². The SMILES string of the molecule is [B]c1ccc2c(c1)CNCC2. The average Bonchev–Trinajstić information content (AvgIpc) is 2.04. The lowest BCUT2D eigenvalue weighted by Gasteiger charge is -2.17. The van der Waals surface area contributed by atoms with Crippen molar-refractivity contribution in [1.82, 2.24) is 5.32 Å². The van der Waals surface area contributed by atoms with E-state index >= 15 is 0 Å². The second kappa shape index (κ2) is 2.70. The lowest BCUT2D eigenvalue weighted by molar-refractivity contribution is 0.644. The van der Waals surface area contributed by atoms with E-state index in [1.54, 1.807) is 0 Å². The summed E-state index contributed by atoms with van der Waals surface area (Å²) >= 11 is 0. The molecule has 1 aromatic carbocycles. The van der Waals surface area contributed by atoms with Crippen LogP contribution in [-0.4, -0.2) is 14.4 Å². The lowest BCUT2D eigenvalue weighted by atomic mass is 9.90. The molecule has 2 rings (SSSR count). The Balaban J connectivity index is 2.43. The van der Waals surface area contributed by atoms with Crippen molar-refractivity contribution in [3.8, 4) is 0 Å². The summed E-state index contributed by atoms with van der Waals surface area (Å²) in [5.74, 6) is 0. The molecule has 1 heterocycles. The van der Waals surface area contributed by atoms with E-state index < -0.39 is 0 Å². The van der Waals surface area contributed by atoms with E-state index in [4.69, 9.17) is 7.85 Å². The van der Waals surface area contributed by atoms with Crippen molar-refractivity contribution in [3.63, 3.8) is 0 Å². The highest BCUT2D eigenvalue weighted by molar-refractivity contribution is 6.32. The maximum Gasteiger partial charge on any atom is 0.113 e. The molecule has 1 aliphatic heterocycles. The third kappa shape index (κ3) is 1.31. The Kier molecular flexibility index (Phi) is 1.70. The molecule has 1 nitrogen and oxygen atoms in total. The fraction of sp³-hybridized carbons (Fsp3) is 0.333. The molecule has 1 aromatic rings. The molecule has 0 aromatic heterocycles. The van der Waals surface area contributed by atoms with Gasteiger partial charge in [0.25, 0.3) is 0 Å². The van der Waals surface area contributed by atoms with E-state index in [0.29, 0.717) is 0 Å². The Bertz CT molecular complexity index is 270. The van der Waals surface area contributed by atoms with Crippen molar-refractivity contribution in [2.45, 2.75) is 13.0 Å². The van der Waals surface area contributed by atoms with E-state index in [9.17, 15) is 0 Å². The van der Waals surface area contributed by atoms with Gasteiger partial charge in [0.15, 0.2) is 0 Å². The van der Waals surface area contributed by atoms with Gasteiger partial charge in [0.05, 0.1) is 0 Å². The van der Waals surface area contributed by atoms with Gasteiger partial charge in [0.1, 0.15) is 7.85 Å². The smallest absolute Gasteiger partial charge is 0.113 e. The minimum atomic E-state index is 0.868. The monoisotopic (exact) mass is 143 g/mol. The number of hydrogen-bond donors (Lipinski definition) is 1. The zero-order valence-corrected chi connectivity index (χ0v) is 6.43. The van der Waals surface area contributed by atoms with Crippen LogP contribution in [0, 0.1) is 0 Å². The van der Waals surface area contributed by atoms with Gasteiger partial charge in [-0.15, -0.1) is 0 Å². The number of fused-ring (bicyclic) bond motifs is 1. The molecule has 1 N–H and O–H groups in total. The first-order valence-corrected chi connectivity index (χ1v) is 3.94. The normalized spacial score (nSPS) is 16.0. The van der Waals surface area contributed by atoms with Crippen molar-refractivity contribution < 1.29 is 0 Å². The van der Waals surface area contributed by atoms with Crippen LogP contribution in [0.1, 0.15) is 11.1 Å². The minimum absolute atomic E-state index is 0.868. The largest absolute Gasteiger partial charge is 0.312 e. The van der Waals surface area contributed by atoms with Gasteiger partial charge in [-0.1, -0.05) is 23.7 Å². The molecule has 0 saturated heterocycles. The van der Waals surface area contributed by atoms with Gasteiger partial charge < -0.3 is 5.32 Å². The summed E-state index contributed by atoms with van der Waals surface area (Å²) in [5, 5.41) is 3.31. The van der Waals surface area contributed by atoms with Crippen molar-refractivity contribution in [1.29, 1.82) is 0 Å². The predicted molar refractivity (Wildman–Crippen MR) is 47.2 cm³/mol. The van der Waals surface area contributed by atoms with Crippen molar-refractivity contribution in [3.05, 3.63) is 29.3 Å². The van der Waals surface area contributed by atoms with Gasteiger partial charge in [0, 0.05) is 6.54 Å². The third-order valence-electron chi connectivity index (χ3n) is 2.12. The highest BCUT2D eigenvalue weighted by Gasteiger charge is 2.06. The molecule has 0 atom stereocenters. The molecule has 0 fully saturated rings. The molecule has 0 amide bonds. The Hall–Kier alpha value is -0.755. The molecule has 11 heavy (non-hydrogen) atoms. The van der Waals surface area contributed by atoms with Crippen LogP contribution in [0.25, 0.3) is 0 Å². The van der Waals surface area contributed by atoms with Gasteiger partial charge >= 0.3 is 0 Å². The number of nitrogens with one attached hydrogen (secondary N) is 1. The van der Waals surface area contributed by atoms with E-state index in [2.05, 4.69) is 17.4 Å². The predicted octanol–water partition coefficient (Wildman–Crippen LogP) is 0.126. The summed E-state index contributed by atoms with van der Waals surface area (Å²) in [6.45, 7) is 2.07. The first-order valence-electron chi connectivity index (χ1n) is 3.94. The van der Waals surface area contributed by atoms with Crippen LogP contribution in [-0.2, 0) is 13.0 Å². The van der Waals surface area contributed by atoms with Crippen molar-refractivity contribution in [2.75, 3.05) is 6.54 Å². The molecule has 0 saturated carbocycles. The minimum Gasteiger partial charge on any atom is -0.312 e. The maximum absolute atomic E-state index is 5.65. The molecule has 54 valence electrons. The van der Waals surface area contributed by atoms with Gasteiger partial charge in [0.2, 0.25) is 0 Å². The quantitative estimate of drug-likeness (QED) is 0.509. The molecule has 1 aliphatic rings. The Labute approximate surface area is 68.2 Å². The summed E-state index contributed by atoms with van der Waals surface area (Å²) in [5.41, 5.74) is 3.67. The molecule has 0 unspecified atom stereocenters. The molecule has 2 radical (unpaired) electrons. The Morgan fingerprint density at radius 1 is 1.27 bits per heavy atom. The van der Waals surface area contributed by atoms with Crippen LogP contribution in [0.2, 0.25) is 0 Å². The Morgan fingerprint density at radius 2 is 2.18 bits per heavy atom. The molecule has 0 bridgehead atoms. The summed E-state index contributed by atoms with van der Waals surface area (Å²) in [7, 11) is 5.65. The lowest BCUT2D eigenvalue weighted by Crippen LogP contribution is -2.24. The standard InChI is InChI=1S/C9H10BN/c10-9-2-1-7-3-4-11-6-8(7)5-9/h1-2,5,11H,3-4,6H2. The zero-order chi connectivity index (χ0) is 7.68. The van der Waals surface area contributed by atoms with Crippen LogP contribution in [0.4, 0.5) is 0 Å². The van der Waals surface area contributed by atoms with E-state index in [-0.39, 0.29) is 0 Å². The third-order valence-corrected chi connectivity index (χ3v) is 2.12. The highest BCUT2D eigenvalue weighted by atomic mass is 14.9. The second-order valence-corrected chi connectivity index (χ2v) is 2.95. The molecule has 0 spiro atoms. The van der Waals surface area contributed by atoms with Gasteiger partial charge in [-0.25, -0.2) is 0 Å². The Morgan fingerprint density at radius 3 is 3.09 bits per heavy atom. The molecular weight excluding hydrogens is 133 g/mol. The molecule has 0 aliphatic carbocycles. The molecular formula is C9H10BN.